The molecule has 1 aromatic carbocycles. The third-order valence-corrected chi connectivity index (χ3v) is 4.04. The second-order valence-electron chi connectivity index (χ2n) is 4.81. The van der Waals surface area contributed by atoms with Gasteiger partial charge in [-0.1, -0.05) is 22.0 Å². The topological polar surface area (TPSA) is 24.5 Å². The van der Waals surface area contributed by atoms with Crippen LogP contribution in [0.3, 0.4) is 0 Å². The van der Waals surface area contributed by atoms with Crippen LogP contribution in [0.2, 0.25) is 0 Å². The molecule has 0 spiro atoms. The number of methoxy groups -OCH3 is 1. The minimum atomic E-state index is -2.33. The van der Waals surface area contributed by atoms with Crippen LogP contribution in [-0.2, 0) is 0 Å². The lowest BCUT2D eigenvalue weighted by atomic mass is 10.00. The Kier molecular flexibility index (Phi) is 7.87. The summed E-state index contributed by atoms with van der Waals surface area (Å²) < 4.78 is 32.1. The molecule has 1 saturated heterocycles. The van der Waals surface area contributed by atoms with Crippen LogP contribution in [0.4, 0.5) is 8.78 Å². The van der Waals surface area contributed by atoms with E-state index in [-0.39, 0.29) is 24.9 Å². The highest BCUT2D eigenvalue weighted by molar-refractivity contribution is 9.10. The van der Waals surface area contributed by atoms with Gasteiger partial charge in [0, 0.05) is 48.7 Å². The van der Waals surface area contributed by atoms with Gasteiger partial charge < -0.3 is 10.1 Å². The van der Waals surface area contributed by atoms with Gasteiger partial charge in [-0.15, -0.1) is 12.4 Å². The second kappa shape index (κ2) is 8.88. The molecule has 0 bridgehead atoms. The Morgan fingerprint density at radius 3 is 2.57 bits per heavy atom. The van der Waals surface area contributed by atoms with Gasteiger partial charge in [0.1, 0.15) is 5.75 Å². The van der Waals surface area contributed by atoms with Crippen molar-refractivity contribution in [1.29, 1.82) is 0 Å². The molecule has 1 fully saturated rings. The van der Waals surface area contributed by atoms with Crippen molar-refractivity contribution in [2.75, 3.05) is 33.3 Å². The standard InChI is InChI=1S/C14H19BrF2N2O.ClH/c1-20-13-8-10(15)2-3-11(13)12(9-14(16)17)19-6-4-18-5-7-19;/h2-3,8,12,14,18H,4-7,9H2,1H3;1H/t12-;/m0./s1. The number of piperazine rings is 1. The van der Waals surface area contributed by atoms with E-state index >= 15 is 0 Å². The average Bonchev–Trinajstić information content (AvgIpc) is 2.45. The Morgan fingerprint density at radius 1 is 1.33 bits per heavy atom. The normalized spacial score (nSPS) is 17.4. The number of benzene rings is 1. The van der Waals surface area contributed by atoms with E-state index in [0.29, 0.717) is 5.75 Å². The summed E-state index contributed by atoms with van der Waals surface area (Å²) in [5.74, 6) is 0.656. The highest BCUT2D eigenvalue weighted by Crippen LogP contribution is 2.35. The Bertz CT molecular complexity index is 445. The average molecular weight is 386 g/mol. The minimum absolute atomic E-state index is 0. The van der Waals surface area contributed by atoms with E-state index in [2.05, 4.69) is 26.1 Å². The van der Waals surface area contributed by atoms with Crippen molar-refractivity contribution in [3.8, 4) is 5.75 Å². The van der Waals surface area contributed by atoms with Crippen LogP contribution in [0.25, 0.3) is 0 Å². The number of nitrogens with one attached hydrogen (secondary N) is 1. The summed E-state index contributed by atoms with van der Waals surface area (Å²) in [6, 6.07) is 5.27. The van der Waals surface area contributed by atoms with Gasteiger partial charge in [0.05, 0.1) is 7.11 Å². The maximum atomic E-state index is 12.9. The molecule has 0 amide bonds. The molecule has 21 heavy (non-hydrogen) atoms. The van der Waals surface area contributed by atoms with E-state index in [1.165, 1.54) is 0 Å². The van der Waals surface area contributed by atoms with E-state index in [1.807, 2.05) is 18.2 Å². The molecule has 0 radical (unpaired) electrons. The van der Waals surface area contributed by atoms with E-state index in [4.69, 9.17) is 4.74 Å². The van der Waals surface area contributed by atoms with Crippen LogP contribution in [0.15, 0.2) is 22.7 Å². The first-order valence-corrected chi connectivity index (χ1v) is 7.47. The second-order valence-corrected chi connectivity index (χ2v) is 5.73. The van der Waals surface area contributed by atoms with Crippen molar-refractivity contribution >= 4 is 28.3 Å². The number of nitrogens with zero attached hydrogens (tertiary/aromatic N) is 1. The largest absolute Gasteiger partial charge is 0.496 e. The maximum Gasteiger partial charge on any atom is 0.240 e. The first-order valence-electron chi connectivity index (χ1n) is 6.68. The van der Waals surface area contributed by atoms with Gasteiger partial charge in [-0.2, -0.15) is 0 Å². The molecule has 0 unspecified atom stereocenters. The van der Waals surface area contributed by atoms with Crippen LogP contribution in [-0.4, -0.2) is 44.6 Å². The number of hydrogen-bond acceptors (Lipinski definition) is 3. The Balaban J connectivity index is 0.00000220. The minimum Gasteiger partial charge on any atom is -0.496 e. The zero-order valence-electron chi connectivity index (χ0n) is 11.8. The fraction of sp³-hybridized carbons (Fsp3) is 0.571. The molecular weight excluding hydrogens is 366 g/mol. The molecule has 1 aliphatic heterocycles. The Labute approximate surface area is 138 Å². The molecule has 7 heteroatoms. The monoisotopic (exact) mass is 384 g/mol. The summed E-state index contributed by atoms with van der Waals surface area (Å²) in [6.45, 7) is 3.21. The highest BCUT2D eigenvalue weighted by atomic mass is 79.9. The summed E-state index contributed by atoms with van der Waals surface area (Å²) in [6.07, 6.45) is -2.50. The molecule has 1 aliphatic rings. The molecule has 1 atom stereocenters. The van der Waals surface area contributed by atoms with E-state index in [1.54, 1.807) is 7.11 Å². The zero-order valence-corrected chi connectivity index (χ0v) is 14.2. The van der Waals surface area contributed by atoms with Crippen molar-refractivity contribution in [3.05, 3.63) is 28.2 Å². The van der Waals surface area contributed by atoms with Crippen molar-refractivity contribution in [3.63, 3.8) is 0 Å². The SMILES string of the molecule is COc1cc(Br)ccc1[C@H](CC(F)F)N1CCNCC1.Cl. The maximum absolute atomic E-state index is 12.9. The van der Waals surface area contributed by atoms with Crippen molar-refractivity contribution < 1.29 is 13.5 Å². The summed E-state index contributed by atoms with van der Waals surface area (Å²) in [5.41, 5.74) is 0.831. The van der Waals surface area contributed by atoms with E-state index in [0.717, 1.165) is 36.2 Å². The number of hydrogen-bond donors (Lipinski definition) is 1. The Hall–Kier alpha value is -0.430. The summed E-state index contributed by atoms with van der Waals surface area (Å²) in [5, 5.41) is 3.24. The van der Waals surface area contributed by atoms with Crippen LogP contribution < -0.4 is 10.1 Å². The van der Waals surface area contributed by atoms with Gasteiger partial charge >= 0.3 is 0 Å². The number of ether oxygens (including phenoxy) is 1. The van der Waals surface area contributed by atoms with Crippen LogP contribution in [0.1, 0.15) is 18.0 Å². The molecule has 1 N–H and O–H groups in total. The summed E-state index contributed by atoms with van der Waals surface area (Å²) >= 11 is 3.38. The molecule has 0 aromatic heterocycles. The van der Waals surface area contributed by atoms with Gasteiger partial charge in [0.25, 0.3) is 0 Å². The van der Waals surface area contributed by atoms with E-state index in [9.17, 15) is 8.78 Å². The fourth-order valence-corrected chi connectivity index (χ4v) is 2.94. The molecule has 2 rings (SSSR count). The lowest BCUT2D eigenvalue weighted by Gasteiger charge is -2.35. The van der Waals surface area contributed by atoms with Gasteiger partial charge in [0.15, 0.2) is 0 Å². The van der Waals surface area contributed by atoms with Crippen molar-refractivity contribution in [1.82, 2.24) is 10.2 Å². The van der Waals surface area contributed by atoms with Crippen LogP contribution >= 0.6 is 28.3 Å². The highest BCUT2D eigenvalue weighted by Gasteiger charge is 2.27. The van der Waals surface area contributed by atoms with E-state index < -0.39 is 6.43 Å². The third-order valence-electron chi connectivity index (χ3n) is 3.55. The van der Waals surface area contributed by atoms with Gasteiger partial charge in [-0.05, 0) is 12.1 Å². The smallest absolute Gasteiger partial charge is 0.240 e. The van der Waals surface area contributed by atoms with Gasteiger partial charge in [-0.25, -0.2) is 8.78 Å². The third kappa shape index (κ3) is 5.06. The fourth-order valence-electron chi connectivity index (χ4n) is 2.60. The van der Waals surface area contributed by atoms with Gasteiger partial charge in [0.2, 0.25) is 6.43 Å². The lowest BCUT2D eigenvalue weighted by Crippen LogP contribution is -2.45. The number of alkyl halides is 2. The number of rotatable bonds is 5. The molecule has 3 nitrogen and oxygen atoms in total. The zero-order chi connectivity index (χ0) is 14.5. The van der Waals surface area contributed by atoms with Crippen molar-refractivity contribution in [2.24, 2.45) is 0 Å². The molecular formula is C14H20BrClF2N2O. The quantitative estimate of drug-likeness (QED) is 0.840. The lowest BCUT2D eigenvalue weighted by molar-refractivity contribution is 0.0729. The Morgan fingerprint density at radius 2 is 2.00 bits per heavy atom. The van der Waals surface area contributed by atoms with Gasteiger partial charge in [-0.3, -0.25) is 4.90 Å². The van der Waals surface area contributed by atoms with Crippen LogP contribution in [0.5, 0.6) is 5.75 Å². The summed E-state index contributed by atoms with van der Waals surface area (Å²) in [7, 11) is 1.57. The molecule has 0 saturated carbocycles. The molecule has 1 heterocycles. The first kappa shape index (κ1) is 18.6. The summed E-state index contributed by atoms with van der Waals surface area (Å²) in [4.78, 5) is 2.11. The number of halogens is 4. The first-order chi connectivity index (χ1) is 9.61. The molecule has 120 valence electrons. The predicted molar refractivity (Wildman–Crippen MR) is 85.7 cm³/mol. The van der Waals surface area contributed by atoms with Crippen molar-refractivity contribution in [2.45, 2.75) is 18.9 Å². The molecule has 1 aromatic rings. The van der Waals surface area contributed by atoms with Crippen LogP contribution in [0, 0.1) is 0 Å². The molecule has 0 aliphatic carbocycles. The predicted octanol–water partition coefficient (Wildman–Crippen LogP) is 3.48.